The Kier molecular flexibility index (Phi) is 3.10. The number of nitrogens with zero attached hydrogens (tertiary/aromatic N) is 5. The number of hydrogen-bond acceptors (Lipinski definition) is 7. The monoisotopic (exact) mass is 238 g/mol. The molecule has 2 heterocycles. The van der Waals surface area contributed by atoms with Crippen LogP contribution >= 0.6 is 0 Å². The topological polar surface area (TPSA) is 133 Å². The van der Waals surface area contributed by atoms with Gasteiger partial charge in [0, 0.05) is 6.42 Å². The molecule has 0 unspecified atom stereocenters. The van der Waals surface area contributed by atoms with Crippen molar-refractivity contribution in [3.63, 3.8) is 0 Å². The van der Waals surface area contributed by atoms with Crippen LogP contribution in [0.25, 0.3) is 0 Å². The largest absolute Gasteiger partial charge is 0.476 e. The van der Waals surface area contributed by atoms with E-state index >= 15 is 0 Å². The summed E-state index contributed by atoms with van der Waals surface area (Å²) in [5, 5.41) is 19.9. The summed E-state index contributed by atoms with van der Waals surface area (Å²) in [5.74, 6) is -0.738. The Morgan fingerprint density at radius 3 is 3.00 bits per heavy atom. The molecule has 0 radical (unpaired) electrons. The number of aromatic nitrogens is 5. The zero-order valence-corrected chi connectivity index (χ0v) is 8.78. The minimum absolute atomic E-state index is 0.0982. The van der Waals surface area contributed by atoms with Crippen molar-refractivity contribution in [1.82, 2.24) is 25.1 Å². The number of carboxylic acids is 1. The molecule has 0 aliphatic carbocycles. The summed E-state index contributed by atoms with van der Waals surface area (Å²) < 4.78 is 5.98. The van der Waals surface area contributed by atoms with Crippen molar-refractivity contribution in [3.05, 3.63) is 23.6 Å². The molecule has 0 fully saturated rings. The molecule has 90 valence electrons. The van der Waals surface area contributed by atoms with E-state index in [4.69, 9.17) is 10.8 Å². The first-order chi connectivity index (χ1) is 8.22. The lowest BCUT2D eigenvalue weighted by Crippen LogP contribution is -2.14. The number of rotatable bonds is 5. The first-order valence-corrected chi connectivity index (χ1v) is 4.83. The summed E-state index contributed by atoms with van der Waals surface area (Å²) in [7, 11) is 0. The van der Waals surface area contributed by atoms with Gasteiger partial charge in [0.05, 0.1) is 5.69 Å². The minimum atomic E-state index is -1.13. The van der Waals surface area contributed by atoms with Gasteiger partial charge < -0.3 is 15.4 Å². The Bertz CT molecular complexity index is 505. The van der Waals surface area contributed by atoms with Crippen LogP contribution in [-0.2, 0) is 13.0 Å². The molecule has 0 spiro atoms. The molecule has 9 nitrogen and oxygen atoms in total. The molecule has 0 aromatic carbocycles. The average Bonchev–Trinajstić information content (AvgIpc) is 2.90. The van der Waals surface area contributed by atoms with Crippen LogP contribution in [0.3, 0.4) is 0 Å². The highest BCUT2D eigenvalue weighted by molar-refractivity contribution is 5.86. The average molecular weight is 238 g/mol. The summed E-state index contributed by atoms with van der Waals surface area (Å²) in [6, 6.07) is 0. The van der Waals surface area contributed by atoms with Crippen LogP contribution in [0.15, 0.2) is 10.9 Å². The van der Waals surface area contributed by atoms with E-state index in [9.17, 15) is 4.79 Å². The standard InChI is InChI=1S/C8H10N6O3/c9-2-1-5-7(8(15)16)11-13-14(5)3-6-10-4-17-12-6/h4H,1-3,9H2,(H,15,16). The molecule has 3 N–H and O–H groups in total. The number of hydrogen-bond donors (Lipinski definition) is 2. The molecule has 0 saturated heterocycles. The first kappa shape index (κ1) is 11.2. The van der Waals surface area contributed by atoms with Gasteiger partial charge in [0.15, 0.2) is 11.5 Å². The number of aromatic carboxylic acids is 1. The van der Waals surface area contributed by atoms with Gasteiger partial charge in [-0.1, -0.05) is 10.4 Å². The Morgan fingerprint density at radius 2 is 2.41 bits per heavy atom. The fraction of sp³-hybridized carbons (Fsp3) is 0.375. The molecule has 2 aromatic heterocycles. The number of nitrogens with two attached hydrogens (primary N) is 1. The van der Waals surface area contributed by atoms with E-state index < -0.39 is 5.97 Å². The summed E-state index contributed by atoms with van der Waals surface area (Å²) in [5.41, 5.74) is 5.77. The van der Waals surface area contributed by atoms with Crippen LogP contribution in [0, 0.1) is 0 Å². The highest BCUT2D eigenvalue weighted by atomic mass is 16.5. The minimum Gasteiger partial charge on any atom is -0.476 e. The zero-order valence-electron chi connectivity index (χ0n) is 8.78. The van der Waals surface area contributed by atoms with Crippen molar-refractivity contribution in [3.8, 4) is 0 Å². The second kappa shape index (κ2) is 4.70. The maximum Gasteiger partial charge on any atom is 0.358 e. The predicted octanol–water partition coefficient (Wildman–Crippen LogP) is -1.09. The van der Waals surface area contributed by atoms with E-state index in [1.807, 2.05) is 0 Å². The van der Waals surface area contributed by atoms with E-state index in [-0.39, 0.29) is 12.2 Å². The van der Waals surface area contributed by atoms with Gasteiger partial charge in [-0.25, -0.2) is 9.48 Å². The normalized spacial score (nSPS) is 10.6. The van der Waals surface area contributed by atoms with Crippen LogP contribution in [0.1, 0.15) is 22.0 Å². The van der Waals surface area contributed by atoms with Crippen molar-refractivity contribution in [2.45, 2.75) is 13.0 Å². The molecule has 0 saturated carbocycles. The maximum absolute atomic E-state index is 10.9. The van der Waals surface area contributed by atoms with Gasteiger partial charge in [0.2, 0.25) is 6.39 Å². The summed E-state index contributed by atoms with van der Waals surface area (Å²) >= 11 is 0. The van der Waals surface area contributed by atoms with Gasteiger partial charge >= 0.3 is 5.97 Å². The van der Waals surface area contributed by atoms with Crippen LogP contribution < -0.4 is 5.73 Å². The lowest BCUT2D eigenvalue weighted by atomic mass is 10.2. The van der Waals surface area contributed by atoms with E-state index in [1.54, 1.807) is 0 Å². The van der Waals surface area contributed by atoms with Gasteiger partial charge in [-0.15, -0.1) is 5.10 Å². The molecular weight excluding hydrogens is 228 g/mol. The van der Waals surface area contributed by atoms with Gasteiger partial charge in [-0.05, 0) is 6.54 Å². The zero-order chi connectivity index (χ0) is 12.3. The third kappa shape index (κ3) is 2.28. The Balaban J connectivity index is 2.30. The van der Waals surface area contributed by atoms with Gasteiger partial charge in [-0.2, -0.15) is 4.98 Å². The molecular formula is C8H10N6O3. The summed E-state index contributed by atoms with van der Waals surface area (Å²) in [6.07, 6.45) is 1.56. The summed E-state index contributed by atoms with van der Waals surface area (Å²) in [6.45, 7) is 0.506. The molecule has 0 atom stereocenters. The van der Waals surface area contributed by atoms with Crippen molar-refractivity contribution in [2.24, 2.45) is 5.73 Å². The van der Waals surface area contributed by atoms with Crippen molar-refractivity contribution in [1.29, 1.82) is 0 Å². The van der Waals surface area contributed by atoms with Gasteiger partial charge in [0.25, 0.3) is 0 Å². The Hall–Kier alpha value is -2.29. The molecule has 17 heavy (non-hydrogen) atoms. The maximum atomic E-state index is 10.9. The van der Waals surface area contributed by atoms with Crippen molar-refractivity contribution >= 4 is 5.97 Å². The van der Waals surface area contributed by atoms with E-state index in [2.05, 4.69) is 25.0 Å². The predicted molar refractivity (Wildman–Crippen MR) is 53.1 cm³/mol. The van der Waals surface area contributed by atoms with E-state index in [0.29, 0.717) is 24.5 Å². The SMILES string of the molecule is NCCc1c(C(=O)O)nnn1Cc1ncon1. The molecule has 9 heteroatoms. The fourth-order valence-corrected chi connectivity index (χ4v) is 1.41. The number of carboxylic acid groups (broad SMARTS) is 1. The van der Waals surface area contributed by atoms with Crippen LogP contribution in [0.5, 0.6) is 0 Å². The van der Waals surface area contributed by atoms with E-state index in [0.717, 1.165) is 0 Å². The molecule has 0 amide bonds. The smallest absolute Gasteiger partial charge is 0.358 e. The second-order valence-corrected chi connectivity index (χ2v) is 3.23. The van der Waals surface area contributed by atoms with Crippen LogP contribution in [0.2, 0.25) is 0 Å². The highest BCUT2D eigenvalue weighted by Crippen LogP contribution is 2.07. The summed E-state index contributed by atoms with van der Waals surface area (Å²) in [4.78, 5) is 14.7. The quantitative estimate of drug-likeness (QED) is 0.671. The Morgan fingerprint density at radius 1 is 1.59 bits per heavy atom. The lowest BCUT2D eigenvalue weighted by molar-refractivity contribution is 0.0689. The lowest BCUT2D eigenvalue weighted by Gasteiger charge is -2.02. The first-order valence-electron chi connectivity index (χ1n) is 4.83. The third-order valence-electron chi connectivity index (χ3n) is 2.12. The second-order valence-electron chi connectivity index (χ2n) is 3.23. The van der Waals surface area contributed by atoms with Crippen LogP contribution in [-0.4, -0.2) is 42.8 Å². The van der Waals surface area contributed by atoms with Crippen molar-refractivity contribution < 1.29 is 14.4 Å². The number of carbonyl (C=O) groups is 1. The molecule has 2 rings (SSSR count). The molecule has 2 aromatic rings. The molecule has 0 bridgehead atoms. The van der Waals surface area contributed by atoms with Gasteiger partial charge in [-0.3, -0.25) is 0 Å². The highest BCUT2D eigenvalue weighted by Gasteiger charge is 2.19. The molecule has 0 aliphatic heterocycles. The van der Waals surface area contributed by atoms with Crippen molar-refractivity contribution in [2.75, 3.05) is 6.54 Å². The van der Waals surface area contributed by atoms with E-state index in [1.165, 1.54) is 11.1 Å². The fourth-order valence-electron chi connectivity index (χ4n) is 1.41. The molecule has 0 aliphatic rings. The third-order valence-corrected chi connectivity index (χ3v) is 2.12. The van der Waals surface area contributed by atoms with Crippen LogP contribution in [0.4, 0.5) is 0 Å². The van der Waals surface area contributed by atoms with Gasteiger partial charge in [0.1, 0.15) is 6.54 Å². The Labute approximate surface area is 95.2 Å².